The molecule has 0 saturated heterocycles. The summed E-state index contributed by atoms with van der Waals surface area (Å²) in [4.78, 5) is 29.9. The highest BCUT2D eigenvalue weighted by atomic mass is 16.5. The molecule has 7 nitrogen and oxygen atoms in total. The first-order chi connectivity index (χ1) is 15.0. The van der Waals surface area contributed by atoms with Gasteiger partial charge >= 0.3 is 6.03 Å². The SMILES string of the molecule is C=CCN1C(=O)NC(c2cc(OC)ccc2OC)C2=C1CN(c1ccc(C)cc1)C2=O. The molecule has 1 N–H and O–H groups in total. The second-order valence-electron chi connectivity index (χ2n) is 7.48. The molecule has 0 bridgehead atoms. The summed E-state index contributed by atoms with van der Waals surface area (Å²) in [6, 6.07) is 12.2. The van der Waals surface area contributed by atoms with Gasteiger partial charge in [0.1, 0.15) is 11.5 Å². The van der Waals surface area contributed by atoms with Crippen molar-refractivity contribution in [2.24, 2.45) is 0 Å². The monoisotopic (exact) mass is 419 g/mol. The van der Waals surface area contributed by atoms with E-state index < -0.39 is 6.04 Å². The van der Waals surface area contributed by atoms with E-state index in [-0.39, 0.29) is 11.9 Å². The number of nitrogens with one attached hydrogen (secondary N) is 1. The van der Waals surface area contributed by atoms with E-state index in [0.717, 1.165) is 11.3 Å². The topological polar surface area (TPSA) is 71.1 Å². The van der Waals surface area contributed by atoms with Crippen LogP contribution in [0.1, 0.15) is 17.2 Å². The second kappa shape index (κ2) is 8.18. The number of carbonyl (C=O) groups excluding carboxylic acids is 2. The summed E-state index contributed by atoms with van der Waals surface area (Å²) in [7, 11) is 3.13. The largest absolute Gasteiger partial charge is 0.497 e. The molecule has 0 fully saturated rings. The van der Waals surface area contributed by atoms with Gasteiger partial charge in [0.2, 0.25) is 0 Å². The number of methoxy groups -OCH3 is 2. The molecule has 0 aromatic heterocycles. The molecule has 4 rings (SSSR count). The molecule has 3 amide bonds. The molecule has 2 aliphatic heterocycles. The van der Waals surface area contributed by atoms with Crippen LogP contribution in [0.3, 0.4) is 0 Å². The van der Waals surface area contributed by atoms with Crippen molar-refractivity contribution >= 4 is 17.6 Å². The second-order valence-corrected chi connectivity index (χ2v) is 7.48. The van der Waals surface area contributed by atoms with Crippen LogP contribution in [-0.2, 0) is 4.79 Å². The van der Waals surface area contributed by atoms with Crippen LogP contribution in [0.2, 0.25) is 0 Å². The van der Waals surface area contributed by atoms with Crippen molar-refractivity contribution in [3.8, 4) is 11.5 Å². The average Bonchev–Trinajstić information content (AvgIpc) is 3.12. The summed E-state index contributed by atoms with van der Waals surface area (Å²) in [5, 5.41) is 2.97. The summed E-state index contributed by atoms with van der Waals surface area (Å²) in [5.41, 5.74) is 3.75. The average molecular weight is 419 g/mol. The van der Waals surface area contributed by atoms with Crippen molar-refractivity contribution in [1.82, 2.24) is 10.2 Å². The third-order valence-corrected chi connectivity index (χ3v) is 5.63. The highest BCUT2D eigenvalue weighted by molar-refractivity contribution is 6.12. The smallest absolute Gasteiger partial charge is 0.322 e. The Hall–Kier alpha value is -3.74. The number of aryl methyl sites for hydroxylation is 1. The van der Waals surface area contributed by atoms with E-state index in [1.807, 2.05) is 31.2 Å². The number of carbonyl (C=O) groups is 2. The molecule has 0 radical (unpaired) electrons. The fourth-order valence-corrected chi connectivity index (χ4v) is 4.05. The summed E-state index contributed by atoms with van der Waals surface area (Å²) >= 11 is 0. The van der Waals surface area contributed by atoms with Gasteiger partial charge < -0.3 is 19.7 Å². The maximum atomic E-state index is 13.6. The molecule has 2 aromatic carbocycles. The van der Waals surface area contributed by atoms with Crippen molar-refractivity contribution < 1.29 is 19.1 Å². The predicted octanol–water partition coefficient (Wildman–Crippen LogP) is 3.57. The summed E-state index contributed by atoms with van der Waals surface area (Å²) < 4.78 is 10.9. The number of hydrogen-bond acceptors (Lipinski definition) is 4. The van der Waals surface area contributed by atoms with E-state index in [1.165, 1.54) is 0 Å². The van der Waals surface area contributed by atoms with Crippen LogP contribution in [-0.4, -0.2) is 44.1 Å². The number of hydrogen-bond donors (Lipinski definition) is 1. The fraction of sp³-hybridized carbons (Fsp3) is 0.250. The molecule has 31 heavy (non-hydrogen) atoms. The lowest BCUT2D eigenvalue weighted by molar-refractivity contribution is -0.114. The number of urea groups is 1. The Morgan fingerprint density at radius 1 is 1.13 bits per heavy atom. The van der Waals surface area contributed by atoms with Crippen LogP contribution in [0.25, 0.3) is 0 Å². The number of amides is 3. The van der Waals surface area contributed by atoms with Gasteiger partial charge in [0.05, 0.1) is 38.1 Å². The molecule has 1 atom stereocenters. The maximum Gasteiger partial charge on any atom is 0.322 e. The van der Waals surface area contributed by atoms with Gasteiger partial charge in [-0.3, -0.25) is 9.69 Å². The summed E-state index contributed by atoms with van der Waals surface area (Å²) in [6.45, 7) is 6.37. The minimum absolute atomic E-state index is 0.150. The van der Waals surface area contributed by atoms with Crippen LogP contribution in [0, 0.1) is 6.92 Å². The standard InChI is InChI=1S/C24H25N3O4/c1-5-12-26-19-14-27(16-8-6-15(2)7-9-16)23(28)21(19)22(25-24(26)29)18-13-17(30-3)10-11-20(18)31-4/h5-11,13,22H,1,12,14H2,2-4H3,(H,25,29). The Balaban J connectivity index is 1.83. The van der Waals surface area contributed by atoms with E-state index in [9.17, 15) is 9.59 Å². The lowest BCUT2D eigenvalue weighted by Crippen LogP contribution is -2.47. The molecule has 7 heteroatoms. The Kier molecular flexibility index (Phi) is 5.42. The molecule has 2 heterocycles. The van der Waals surface area contributed by atoms with Crippen LogP contribution in [0.15, 0.2) is 66.4 Å². The van der Waals surface area contributed by atoms with Crippen LogP contribution in [0.5, 0.6) is 11.5 Å². The molecule has 0 saturated carbocycles. The Morgan fingerprint density at radius 3 is 2.52 bits per heavy atom. The molecule has 160 valence electrons. The van der Waals surface area contributed by atoms with Crippen molar-refractivity contribution in [2.45, 2.75) is 13.0 Å². The Morgan fingerprint density at radius 2 is 1.87 bits per heavy atom. The third-order valence-electron chi connectivity index (χ3n) is 5.63. The molecule has 1 unspecified atom stereocenters. The summed E-state index contributed by atoms with van der Waals surface area (Å²) in [5.74, 6) is 1.03. The molecule has 2 aliphatic rings. The zero-order valence-electron chi connectivity index (χ0n) is 17.8. The minimum Gasteiger partial charge on any atom is -0.497 e. The van der Waals surface area contributed by atoms with Crippen molar-refractivity contribution in [3.05, 3.63) is 77.5 Å². The first-order valence-electron chi connectivity index (χ1n) is 10.0. The van der Waals surface area contributed by atoms with Crippen LogP contribution >= 0.6 is 0 Å². The van der Waals surface area contributed by atoms with Crippen molar-refractivity contribution in [1.29, 1.82) is 0 Å². The lowest BCUT2D eigenvalue weighted by atomic mass is 9.94. The van der Waals surface area contributed by atoms with Crippen molar-refractivity contribution in [2.75, 3.05) is 32.2 Å². The van der Waals surface area contributed by atoms with Crippen LogP contribution < -0.4 is 19.7 Å². The van der Waals surface area contributed by atoms with Gasteiger partial charge in [-0.15, -0.1) is 6.58 Å². The van der Waals surface area contributed by atoms with Gasteiger partial charge in [-0.2, -0.15) is 0 Å². The normalized spacial score (nSPS) is 18.1. The maximum absolute atomic E-state index is 13.6. The van der Waals surface area contributed by atoms with Gasteiger partial charge in [-0.25, -0.2) is 4.79 Å². The zero-order chi connectivity index (χ0) is 22.1. The minimum atomic E-state index is -0.656. The third kappa shape index (κ3) is 3.52. The lowest BCUT2D eigenvalue weighted by Gasteiger charge is -2.33. The van der Waals surface area contributed by atoms with Gasteiger partial charge in [-0.1, -0.05) is 23.8 Å². The molecular weight excluding hydrogens is 394 g/mol. The highest BCUT2D eigenvalue weighted by Gasteiger charge is 2.45. The van der Waals surface area contributed by atoms with Gasteiger partial charge in [-0.05, 0) is 37.3 Å². The Bertz CT molecular complexity index is 1070. The fourth-order valence-electron chi connectivity index (χ4n) is 4.05. The van der Waals surface area contributed by atoms with E-state index in [0.29, 0.717) is 41.4 Å². The van der Waals surface area contributed by atoms with E-state index in [2.05, 4.69) is 11.9 Å². The molecule has 0 aliphatic carbocycles. The molecule has 2 aromatic rings. The van der Waals surface area contributed by atoms with Gasteiger partial charge in [0, 0.05) is 17.8 Å². The van der Waals surface area contributed by atoms with Gasteiger partial charge in [0.15, 0.2) is 0 Å². The first kappa shape index (κ1) is 20.5. The quantitative estimate of drug-likeness (QED) is 0.727. The van der Waals surface area contributed by atoms with E-state index >= 15 is 0 Å². The predicted molar refractivity (Wildman–Crippen MR) is 118 cm³/mol. The number of anilines is 1. The molecule has 0 spiro atoms. The van der Waals surface area contributed by atoms with E-state index in [1.54, 1.807) is 48.3 Å². The summed E-state index contributed by atoms with van der Waals surface area (Å²) in [6.07, 6.45) is 1.65. The van der Waals surface area contributed by atoms with Crippen LogP contribution in [0.4, 0.5) is 10.5 Å². The number of ether oxygens (including phenoxy) is 2. The first-order valence-corrected chi connectivity index (χ1v) is 10.0. The molecular formula is C24H25N3O4. The highest BCUT2D eigenvalue weighted by Crippen LogP contribution is 2.41. The van der Waals surface area contributed by atoms with E-state index in [4.69, 9.17) is 9.47 Å². The number of rotatable bonds is 6. The number of benzene rings is 2. The Labute approximate surface area is 181 Å². The zero-order valence-corrected chi connectivity index (χ0v) is 17.8. The van der Waals surface area contributed by atoms with Crippen molar-refractivity contribution in [3.63, 3.8) is 0 Å². The van der Waals surface area contributed by atoms with Gasteiger partial charge in [0.25, 0.3) is 5.91 Å². The number of nitrogens with zero attached hydrogens (tertiary/aromatic N) is 2.